The number of para-hydroxylation sites is 1. The van der Waals surface area contributed by atoms with E-state index in [0.29, 0.717) is 0 Å². The molecule has 0 unspecified atom stereocenters. The van der Waals surface area contributed by atoms with Crippen LogP contribution in [0.4, 0.5) is 17.1 Å². The van der Waals surface area contributed by atoms with Crippen molar-refractivity contribution in [3.05, 3.63) is 199 Å². The Balaban J connectivity index is 1.04. The summed E-state index contributed by atoms with van der Waals surface area (Å²) >= 11 is 0. The van der Waals surface area contributed by atoms with Crippen molar-refractivity contribution in [3.8, 4) is 33.4 Å². The van der Waals surface area contributed by atoms with Gasteiger partial charge in [0.15, 0.2) is 0 Å². The lowest BCUT2D eigenvalue weighted by atomic mass is 9.82. The first-order chi connectivity index (χ1) is 27.0. The summed E-state index contributed by atoms with van der Waals surface area (Å²) in [7, 11) is 0. The summed E-state index contributed by atoms with van der Waals surface area (Å²) in [6.45, 7) is 4.68. The zero-order valence-electron chi connectivity index (χ0n) is 30.8. The zero-order valence-corrected chi connectivity index (χ0v) is 30.8. The molecule has 10 aromatic rings. The van der Waals surface area contributed by atoms with Crippen LogP contribution in [0.5, 0.6) is 0 Å². The highest BCUT2D eigenvalue weighted by Crippen LogP contribution is 2.51. The molecule has 0 saturated carbocycles. The SMILES string of the molecule is CC1(C)c2ccccc2-c2cc(N(c3ccc(-c4cccc5ccccc45)cc3)c3ccc(-c4cccc5cc6oc7ccccc7c6cc45)cc3)ccc21. The van der Waals surface area contributed by atoms with Gasteiger partial charge in [0, 0.05) is 33.2 Å². The Bertz CT molecular complexity index is 3110. The Morgan fingerprint density at radius 1 is 0.364 bits per heavy atom. The third-order valence-electron chi connectivity index (χ3n) is 11.9. The van der Waals surface area contributed by atoms with Crippen molar-refractivity contribution >= 4 is 60.5 Å². The predicted molar refractivity (Wildman–Crippen MR) is 232 cm³/mol. The topological polar surface area (TPSA) is 16.4 Å². The van der Waals surface area contributed by atoms with Gasteiger partial charge in [-0.15, -0.1) is 0 Å². The first kappa shape index (κ1) is 31.6. The Hall–Kier alpha value is -6.90. The molecule has 0 atom stereocenters. The largest absolute Gasteiger partial charge is 0.456 e. The van der Waals surface area contributed by atoms with E-state index in [1.807, 2.05) is 12.1 Å². The lowest BCUT2D eigenvalue weighted by Crippen LogP contribution is -2.15. The lowest BCUT2D eigenvalue weighted by Gasteiger charge is -2.27. The molecule has 0 spiro atoms. The van der Waals surface area contributed by atoms with Gasteiger partial charge in [-0.2, -0.15) is 0 Å². The molecule has 1 aliphatic rings. The van der Waals surface area contributed by atoms with Crippen LogP contribution in [0.25, 0.3) is 76.9 Å². The second-order valence-electron chi connectivity index (χ2n) is 15.3. The zero-order chi connectivity index (χ0) is 36.7. The van der Waals surface area contributed by atoms with Gasteiger partial charge in [-0.25, -0.2) is 0 Å². The van der Waals surface area contributed by atoms with Gasteiger partial charge >= 0.3 is 0 Å². The second-order valence-corrected chi connectivity index (χ2v) is 15.3. The molecule has 0 N–H and O–H groups in total. The first-order valence-corrected chi connectivity index (χ1v) is 19.1. The van der Waals surface area contributed by atoms with Crippen molar-refractivity contribution in [2.75, 3.05) is 4.90 Å². The molecule has 1 heterocycles. The van der Waals surface area contributed by atoms with Crippen LogP contribution in [-0.2, 0) is 5.41 Å². The van der Waals surface area contributed by atoms with E-state index in [0.717, 1.165) is 39.0 Å². The summed E-state index contributed by atoms with van der Waals surface area (Å²) in [6.07, 6.45) is 0. The molecule has 2 heteroatoms. The normalized spacial score (nSPS) is 13.1. The monoisotopic (exact) mass is 703 g/mol. The van der Waals surface area contributed by atoms with Gasteiger partial charge in [0.1, 0.15) is 11.2 Å². The number of hydrogen-bond acceptors (Lipinski definition) is 2. The van der Waals surface area contributed by atoms with Crippen molar-refractivity contribution in [1.82, 2.24) is 0 Å². The summed E-state index contributed by atoms with van der Waals surface area (Å²) in [5.41, 5.74) is 15.4. The highest BCUT2D eigenvalue weighted by Gasteiger charge is 2.35. The van der Waals surface area contributed by atoms with Crippen LogP contribution in [0.1, 0.15) is 25.0 Å². The number of nitrogens with zero attached hydrogens (tertiary/aromatic N) is 1. The molecule has 260 valence electrons. The van der Waals surface area contributed by atoms with E-state index in [1.165, 1.54) is 66.1 Å². The molecule has 0 amide bonds. The lowest BCUT2D eigenvalue weighted by molar-refractivity contribution is 0.660. The summed E-state index contributed by atoms with van der Waals surface area (Å²) in [6, 6.07) is 68.6. The molecule has 2 nitrogen and oxygen atoms in total. The maximum Gasteiger partial charge on any atom is 0.136 e. The van der Waals surface area contributed by atoms with E-state index in [2.05, 4.69) is 195 Å². The van der Waals surface area contributed by atoms with Crippen molar-refractivity contribution in [2.45, 2.75) is 19.3 Å². The van der Waals surface area contributed by atoms with Crippen LogP contribution in [0.15, 0.2) is 192 Å². The number of hydrogen-bond donors (Lipinski definition) is 0. The number of benzene rings is 9. The molecule has 9 aromatic carbocycles. The minimum Gasteiger partial charge on any atom is -0.456 e. The smallest absolute Gasteiger partial charge is 0.136 e. The third kappa shape index (κ3) is 4.95. The molecule has 0 radical (unpaired) electrons. The minimum absolute atomic E-state index is 0.0518. The number of fused-ring (bicyclic) bond motifs is 8. The molecular weight excluding hydrogens is 667 g/mol. The second kappa shape index (κ2) is 12.1. The van der Waals surface area contributed by atoms with Gasteiger partial charge in [0.25, 0.3) is 0 Å². The van der Waals surface area contributed by atoms with E-state index >= 15 is 0 Å². The highest BCUT2D eigenvalue weighted by atomic mass is 16.3. The fourth-order valence-corrected chi connectivity index (χ4v) is 9.10. The van der Waals surface area contributed by atoms with Gasteiger partial charge in [-0.05, 0) is 121 Å². The predicted octanol–water partition coefficient (Wildman–Crippen LogP) is 15.0. The average Bonchev–Trinajstić information content (AvgIpc) is 3.71. The van der Waals surface area contributed by atoms with Crippen LogP contribution in [0.3, 0.4) is 0 Å². The Morgan fingerprint density at radius 3 is 1.69 bits per heavy atom. The Labute approximate surface area is 320 Å². The summed E-state index contributed by atoms with van der Waals surface area (Å²) < 4.78 is 6.24. The average molecular weight is 704 g/mol. The number of furan rings is 1. The van der Waals surface area contributed by atoms with E-state index in [9.17, 15) is 0 Å². The quantitative estimate of drug-likeness (QED) is 0.177. The summed E-state index contributed by atoms with van der Waals surface area (Å²) in [4.78, 5) is 2.40. The van der Waals surface area contributed by atoms with Gasteiger partial charge < -0.3 is 9.32 Å². The highest BCUT2D eigenvalue weighted by molar-refractivity contribution is 6.12. The van der Waals surface area contributed by atoms with Crippen LogP contribution >= 0.6 is 0 Å². The van der Waals surface area contributed by atoms with E-state index in [1.54, 1.807) is 0 Å². The van der Waals surface area contributed by atoms with Gasteiger partial charge in [0.2, 0.25) is 0 Å². The van der Waals surface area contributed by atoms with Crippen LogP contribution in [0, 0.1) is 0 Å². The van der Waals surface area contributed by atoms with Crippen molar-refractivity contribution in [3.63, 3.8) is 0 Å². The van der Waals surface area contributed by atoms with Crippen LogP contribution in [-0.4, -0.2) is 0 Å². The molecule has 1 aliphatic carbocycles. The number of anilines is 3. The Kier molecular flexibility index (Phi) is 6.93. The number of rotatable bonds is 5. The van der Waals surface area contributed by atoms with E-state index in [4.69, 9.17) is 4.42 Å². The molecule has 1 aromatic heterocycles. The van der Waals surface area contributed by atoms with Gasteiger partial charge in [-0.3, -0.25) is 0 Å². The van der Waals surface area contributed by atoms with E-state index in [-0.39, 0.29) is 5.41 Å². The molecule has 55 heavy (non-hydrogen) atoms. The molecular formula is C53H37NO. The molecule has 11 rings (SSSR count). The van der Waals surface area contributed by atoms with Crippen molar-refractivity contribution in [1.29, 1.82) is 0 Å². The molecule has 0 aliphatic heterocycles. The fraction of sp³-hybridized carbons (Fsp3) is 0.0566. The molecule has 0 bridgehead atoms. The van der Waals surface area contributed by atoms with Crippen molar-refractivity contribution in [2.24, 2.45) is 0 Å². The standard InChI is InChI=1S/C53H37NO/c1-53(2)49-19-7-5-15-44(49)47-32-40(29-30-50(47)53)54(38-25-21-35(22-26-38)42-17-9-12-34-11-3-4-14-41(34)42)39-27-23-36(24-28-39)43-18-10-13-37-31-52-48(33-46(37)43)45-16-6-8-20-51(45)55-52/h3-33H,1-2H3. The third-order valence-corrected chi connectivity index (χ3v) is 11.9. The molecule has 0 saturated heterocycles. The maximum absolute atomic E-state index is 6.24. The first-order valence-electron chi connectivity index (χ1n) is 19.1. The maximum atomic E-state index is 6.24. The van der Waals surface area contributed by atoms with Gasteiger partial charge in [0.05, 0.1) is 0 Å². The molecule has 0 fully saturated rings. The summed E-state index contributed by atoms with van der Waals surface area (Å²) in [5.74, 6) is 0. The van der Waals surface area contributed by atoms with E-state index < -0.39 is 0 Å². The fourth-order valence-electron chi connectivity index (χ4n) is 9.10. The van der Waals surface area contributed by atoms with Crippen molar-refractivity contribution < 1.29 is 4.42 Å². The summed E-state index contributed by atoms with van der Waals surface area (Å²) in [5, 5.41) is 7.19. The van der Waals surface area contributed by atoms with Crippen LogP contribution < -0.4 is 4.90 Å². The minimum atomic E-state index is -0.0518. The van der Waals surface area contributed by atoms with Crippen LogP contribution in [0.2, 0.25) is 0 Å². The van der Waals surface area contributed by atoms with Gasteiger partial charge in [-0.1, -0.05) is 147 Å². The Morgan fingerprint density at radius 2 is 0.927 bits per heavy atom.